The molecule has 90 valence electrons. The average molecular weight is 222 g/mol. The molecule has 1 aliphatic rings. The van der Waals surface area contributed by atoms with Gasteiger partial charge in [0.15, 0.2) is 0 Å². The summed E-state index contributed by atoms with van der Waals surface area (Å²) in [5, 5.41) is 14.1. The Hall–Kier alpha value is -0.830. The SMILES string of the molecule is CCC(C)n1ccc(CC2CCC(O)C2)n1. The van der Waals surface area contributed by atoms with Crippen LogP contribution in [-0.4, -0.2) is 21.0 Å². The third-order valence-corrected chi connectivity index (χ3v) is 3.72. The number of hydrogen-bond acceptors (Lipinski definition) is 2. The standard InChI is InChI=1S/C13H22N2O/c1-3-10(2)15-7-6-12(14-15)8-11-4-5-13(16)9-11/h6-7,10-11,13,16H,3-5,8-9H2,1-2H3. The van der Waals surface area contributed by atoms with Crippen LogP contribution in [0.4, 0.5) is 0 Å². The minimum Gasteiger partial charge on any atom is -0.393 e. The maximum atomic E-state index is 9.48. The Bertz CT molecular complexity index is 334. The van der Waals surface area contributed by atoms with E-state index in [0.717, 1.165) is 32.1 Å². The highest BCUT2D eigenvalue weighted by Crippen LogP contribution is 2.28. The Morgan fingerprint density at radius 2 is 2.38 bits per heavy atom. The number of rotatable bonds is 4. The molecule has 1 saturated carbocycles. The van der Waals surface area contributed by atoms with E-state index in [1.54, 1.807) is 0 Å². The zero-order valence-corrected chi connectivity index (χ0v) is 10.3. The van der Waals surface area contributed by atoms with Crippen LogP contribution >= 0.6 is 0 Å². The molecule has 3 atom stereocenters. The van der Waals surface area contributed by atoms with Crippen molar-refractivity contribution in [2.75, 3.05) is 0 Å². The monoisotopic (exact) mass is 222 g/mol. The number of aliphatic hydroxyl groups excluding tert-OH is 1. The van der Waals surface area contributed by atoms with Gasteiger partial charge in [0.05, 0.1) is 11.8 Å². The zero-order chi connectivity index (χ0) is 11.5. The van der Waals surface area contributed by atoms with Gasteiger partial charge in [-0.25, -0.2) is 0 Å². The van der Waals surface area contributed by atoms with Crippen molar-refractivity contribution >= 4 is 0 Å². The Labute approximate surface area is 97.5 Å². The fourth-order valence-corrected chi connectivity index (χ4v) is 2.45. The molecule has 1 aliphatic carbocycles. The van der Waals surface area contributed by atoms with E-state index in [9.17, 15) is 5.11 Å². The van der Waals surface area contributed by atoms with E-state index in [-0.39, 0.29) is 6.10 Å². The second kappa shape index (κ2) is 5.00. The lowest BCUT2D eigenvalue weighted by Gasteiger charge is -2.09. The van der Waals surface area contributed by atoms with E-state index in [2.05, 4.69) is 35.9 Å². The van der Waals surface area contributed by atoms with Crippen LogP contribution in [0.5, 0.6) is 0 Å². The van der Waals surface area contributed by atoms with Gasteiger partial charge in [0.25, 0.3) is 0 Å². The molecule has 1 fully saturated rings. The highest BCUT2D eigenvalue weighted by Gasteiger charge is 2.23. The molecule has 1 N–H and O–H groups in total. The fourth-order valence-electron chi connectivity index (χ4n) is 2.45. The molecule has 2 rings (SSSR count). The first-order valence-corrected chi connectivity index (χ1v) is 6.41. The molecule has 0 aromatic carbocycles. The van der Waals surface area contributed by atoms with Crippen molar-refractivity contribution in [1.29, 1.82) is 0 Å². The minimum absolute atomic E-state index is 0.0679. The molecule has 3 unspecified atom stereocenters. The number of hydrogen-bond donors (Lipinski definition) is 1. The van der Waals surface area contributed by atoms with Gasteiger partial charge in [-0.1, -0.05) is 6.92 Å². The van der Waals surface area contributed by atoms with Crippen LogP contribution in [0.3, 0.4) is 0 Å². The van der Waals surface area contributed by atoms with Crippen LogP contribution in [-0.2, 0) is 6.42 Å². The highest BCUT2D eigenvalue weighted by molar-refractivity contribution is 5.02. The van der Waals surface area contributed by atoms with Gasteiger partial charge in [-0.05, 0) is 51.0 Å². The van der Waals surface area contributed by atoms with Crippen LogP contribution in [0.2, 0.25) is 0 Å². The smallest absolute Gasteiger partial charge is 0.0627 e. The van der Waals surface area contributed by atoms with Gasteiger partial charge in [0, 0.05) is 12.2 Å². The maximum Gasteiger partial charge on any atom is 0.0627 e. The van der Waals surface area contributed by atoms with Crippen molar-refractivity contribution < 1.29 is 5.11 Å². The van der Waals surface area contributed by atoms with E-state index in [4.69, 9.17) is 0 Å². The minimum atomic E-state index is -0.0679. The van der Waals surface area contributed by atoms with Crippen molar-refractivity contribution in [1.82, 2.24) is 9.78 Å². The first-order chi connectivity index (χ1) is 7.69. The molecule has 16 heavy (non-hydrogen) atoms. The molecule has 3 heteroatoms. The van der Waals surface area contributed by atoms with Gasteiger partial charge in [-0.3, -0.25) is 4.68 Å². The molecule has 0 radical (unpaired) electrons. The third kappa shape index (κ3) is 2.64. The van der Waals surface area contributed by atoms with Crippen molar-refractivity contribution in [2.24, 2.45) is 5.92 Å². The molecule has 1 aromatic heterocycles. The topological polar surface area (TPSA) is 38.0 Å². The van der Waals surface area contributed by atoms with Gasteiger partial charge in [-0.2, -0.15) is 5.10 Å². The Morgan fingerprint density at radius 1 is 1.56 bits per heavy atom. The van der Waals surface area contributed by atoms with E-state index < -0.39 is 0 Å². The van der Waals surface area contributed by atoms with Gasteiger partial charge in [-0.15, -0.1) is 0 Å². The molecule has 1 aromatic rings. The molecule has 0 bridgehead atoms. The average Bonchev–Trinajstić information content (AvgIpc) is 2.87. The van der Waals surface area contributed by atoms with Gasteiger partial charge in [0.2, 0.25) is 0 Å². The highest BCUT2D eigenvalue weighted by atomic mass is 16.3. The zero-order valence-electron chi connectivity index (χ0n) is 10.3. The predicted octanol–water partition coefficient (Wildman–Crippen LogP) is 2.56. The van der Waals surface area contributed by atoms with Crippen LogP contribution < -0.4 is 0 Å². The predicted molar refractivity (Wildman–Crippen MR) is 64.3 cm³/mol. The summed E-state index contributed by atoms with van der Waals surface area (Å²) in [5.41, 5.74) is 1.18. The van der Waals surface area contributed by atoms with Crippen molar-refractivity contribution in [3.63, 3.8) is 0 Å². The van der Waals surface area contributed by atoms with Crippen LogP contribution in [0.25, 0.3) is 0 Å². The van der Waals surface area contributed by atoms with E-state index in [0.29, 0.717) is 12.0 Å². The molecule has 0 amide bonds. The molecule has 0 spiro atoms. The second-order valence-electron chi connectivity index (χ2n) is 5.08. The summed E-state index contributed by atoms with van der Waals surface area (Å²) in [7, 11) is 0. The van der Waals surface area contributed by atoms with Crippen molar-refractivity contribution in [3.8, 4) is 0 Å². The van der Waals surface area contributed by atoms with Gasteiger partial charge >= 0.3 is 0 Å². The lowest BCUT2D eigenvalue weighted by atomic mass is 10.0. The third-order valence-electron chi connectivity index (χ3n) is 3.72. The molecular weight excluding hydrogens is 200 g/mol. The fraction of sp³-hybridized carbons (Fsp3) is 0.769. The first-order valence-electron chi connectivity index (χ1n) is 6.41. The molecular formula is C13H22N2O. The Balaban J connectivity index is 1.92. The summed E-state index contributed by atoms with van der Waals surface area (Å²) in [5.74, 6) is 0.635. The van der Waals surface area contributed by atoms with Gasteiger partial charge in [0.1, 0.15) is 0 Å². The molecule has 3 nitrogen and oxygen atoms in total. The Kier molecular flexibility index (Phi) is 3.64. The normalized spacial score (nSPS) is 27.2. The first kappa shape index (κ1) is 11.6. The summed E-state index contributed by atoms with van der Waals surface area (Å²) in [4.78, 5) is 0. The number of aliphatic hydroxyl groups is 1. The molecule has 1 heterocycles. The van der Waals surface area contributed by atoms with Crippen LogP contribution in [0.1, 0.15) is 51.3 Å². The summed E-state index contributed by atoms with van der Waals surface area (Å²) < 4.78 is 2.06. The summed E-state index contributed by atoms with van der Waals surface area (Å²) in [6.07, 6.45) is 7.23. The lowest BCUT2D eigenvalue weighted by Crippen LogP contribution is -2.07. The van der Waals surface area contributed by atoms with Crippen LogP contribution in [0.15, 0.2) is 12.3 Å². The van der Waals surface area contributed by atoms with Gasteiger partial charge < -0.3 is 5.11 Å². The second-order valence-corrected chi connectivity index (χ2v) is 5.08. The molecule has 0 saturated heterocycles. The lowest BCUT2D eigenvalue weighted by molar-refractivity contribution is 0.177. The maximum absolute atomic E-state index is 9.48. The van der Waals surface area contributed by atoms with Crippen LogP contribution in [0, 0.1) is 5.92 Å². The van der Waals surface area contributed by atoms with Crippen molar-refractivity contribution in [3.05, 3.63) is 18.0 Å². The van der Waals surface area contributed by atoms with E-state index in [1.807, 2.05) is 0 Å². The largest absolute Gasteiger partial charge is 0.393 e. The summed E-state index contributed by atoms with van der Waals surface area (Å²) in [6.45, 7) is 4.37. The summed E-state index contributed by atoms with van der Waals surface area (Å²) in [6, 6.07) is 2.61. The Morgan fingerprint density at radius 3 is 3.00 bits per heavy atom. The number of nitrogens with zero attached hydrogens (tertiary/aromatic N) is 2. The quantitative estimate of drug-likeness (QED) is 0.850. The van der Waals surface area contributed by atoms with E-state index >= 15 is 0 Å². The number of aromatic nitrogens is 2. The van der Waals surface area contributed by atoms with Crippen molar-refractivity contribution in [2.45, 2.75) is 58.1 Å². The van der Waals surface area contributed by atoms with E-state index in [1.165, 1.54) is 5.69 Å². The summed E-state index contributed by atoms with van der Waals surface area (Å²) >= 11 is 0. The molecule has 0 aliphatic heterocycles.